The molecule has 0 radical (unpaired) electrons. The number of hydrogen-bond donors (Lipinski definition) is 2. The van der Waals surface area contributed by atoms with Crippen molar-refractivity contribution in [1.29, 1.82) is 0 Å². The number of hydrogen-bond acceptors (Lipinski definition) is 4. The molecule has 2 fully saturated rings. The van der Waals surface area contributed by atoms with Crippen LogP contribution in [-0.4, -0.2) is 54.9 Å². The molecule has 0 atom stereocenters. The smallest absolute Gasteiger partial charge is 0.253 e. The monoisotopic (exact) mass is 350 g/mol. The molecule has 7 nitrogen and oxygen atoms in total. The van der Waals surface area contributed by atoms with E-state index in [4.69, 9.17) is 0 Å². The number of amidine groups is 1. The standard InChI is InChI=1S/C16H22N4O3S/c21-15-9-14-13(3-6-17-14)16(19-15)20-7-4-11(5-8-20)10-18-24(22,23)12-1-2-12/h3,6,11-12,17-18H,1-2,4-5,7-10H2. The number of H-pyrrole nitrogens is 1. The van der Waals surface area contributed by atoms with Crippen molar-refractivity contribution in [3.8, 4) is 0 Å². The molecule has 2 aliphatic heterocycles. The summed E-state index contributed by atoms with van der Waals surface area (Å²) in [4.78, 5) is 21.3. The van der Waals surface area contributed by atoms with Crippen LogP contribution in [0.25, 0.3) is 0 Å². The molecule has 4 rings (SSSR count). The summed E-state index contributed by atoms with van der Waals surface area (Å²) in [5.41, 5.74) is 1.95. The average Bonchev–Trinajstić information content (AvgIpc) is 3.33. The molecular formula is C16H22N4O3S. The minimum absolute atomic E-state index is 0.112. The van der Waals surface area contributed by atoms with Gasteiger partial charge in [-0.05, 0) is 37.7 Å². The molecule has 1 saturated heterocycles. The number of carbonyl (C=O) groups is 1. The molecule has 2 N–H and O–H groups in total. The lowest BCUT2D eigenvalue weighted by Crippen LogP contribution is -2.43. The van der Waals surface area contributed by atoms with Crippen LogP contribution < -0.4 is 4.72 Å². The Labute approximate surface area is 141 Å². The maximum absolute atomic E-state index is 11.9. The second-order valence-corrected chi connectivity index (χ2v) is 8.94. The van der Waals surface area contributed by atoms with Crippen LogP contribution in [0.2, 0.25) is 0 Å². The number of amides is 1. The van der Waals surface area contributed by atoms with E-state index >= 15 is 0 Å². The zero-order valence-electron chi connectivity index (χ0n) is 13.5. The molecule has 130 valence electrons. The first-order valence-electron chi connectivity index (χ1n) is 8.54. The fourth-order valence-corrected chi connectivity index (χ4v) is 4.91. The number of nitrogens with one attached hydrogen (secondary N) is 2. The van der Waals surface area contributed by atoms with Gasteiger partial charge in [0.25, 0.3) is 5.91 Å². The number of piperidine rings is 1. The SMILES string of the molecule is O=C1Cc2[nH]ccc2C(N2CCC(CNS(=O)(=O)C3CC3)CC2)=N1. The van der Waals surface area contributed by atoms with Gasteiger partial charge in [0, 0.05) is 37.1 Å². The van der Waals surface area contributed by atoms with Crippen molar-refractivity contribution in [2.45, 2.75) is 37.4 Å². The van der Waals surface area contributed by atoms with Gasteiger partial charge in [-0.3, -0.25) is 4.79 Å². The third-order valence-electron chi connectivity index (χ3n) is 5.08. The summed E-state index contributed by atoms with van der Waals surface area (Å²) >= 11 is 0. The third kappa shape index (κ3) is 3.12. The molecule has 8 heteroatoms. The first-order valence-corrected chi connectivity index (χ1v) is 10.1. The molecular weight excluding hydrogens is 328 g/mol. The van der Waals surface area contributed by atoms with E-state index in [1.54, 1.807) is 0 Å². The number of sulfonamides is 1. The number of aromatic amines is 1. The molecule has 3 heterocycles. The lowest BCUT2D eigenvalue weighted by molar-refractivity contribution is -0.117. The van der Waals surface area contributed by atoms with Crippen LogP contribution in [0, 0.1) is 5.92 Å². The molecule has 0 spiro atoms. The Balaban J connectivity index is 1.35. The van der Waals surface area contributed by atoms with E-state index in [-0.39, 0.29) is 11.2 Å². The highest BCUT2D eigenvalue weighted by Crippen LogP contribution is 2.28. The van der Waals surface area contributed by atoms with E-state index in [2.05, 4.69) is 19.6 Å². The predicted molar refractivity (Wildman–Crippen MR) is 90.3 cm³/mol. The summed E-state index contributed by atoms with van der Waals surface area (Å²) < 4.78 is 26.6. The minimum Gasteiger partial charge on any atom is -0.364 e. The van der Waals surface area contributed by atoms with Gasteiger partial charge in [0.05, 0.1) is 11.7 Å². The zero-order chi connectivity index (χ0) is 16.7. The summed E-state index contributed by atoms with van der Waals surface area (Å²) in [6, 6.07) is 1.97. The van der Waals surface area contributed by atoms with Gasteiger partial charge in [-0.15, -0.1) is 0 Å². The maximum atomic E-state index is 11.9. The van der Waals surface area contributed by atoms with Gasteiger partial charge in [-0.1, -0.05) is 0 Å². The number of aromatic nitrogens is 1. The van der Waals surface area contributed by atoms with Gasteiger partial charge in [-0.2, -0.15) is 4.99 Å². The Kier molecular flexibility index (Phi) is 3.96. The first kappa shape index (κ1) is 15.8. The molecule has 1 aromatic heterocycles. The van der Waals surface area contributed by atoms with Crippen LogP contribution in [0.3, 0.4) is 0 Å². The number of rotatable bonds is 4. The van der Waals surface area contributed by atoms with E-state index < -0.39 is 10.0 Å². The Morgan fingerprint density at radius 1 is 1.25 bits per heavy atom. The average molecular weight is 350 g/mol. The highest BCUT2D eigenvalue weighted by Gasteiger charge is 2.36. The Hall–Kier alpha value is -1.67. The highest BCUT2D eigenvalue weighted by molar-refractivity contribution is 7.90. The van der Waals surface area contributed by atoms with Crippen molar-refractivity contribution in [2.75, 3.05) is 19.6 Å². The van der Waals surface area contributed by atoms with Crippen molar-refractivity contribution in [3.63, 3.8) is 0 Å². The van der Waals surface area contributed by atoms with Crippen molar-refractivity contribution in [2.24, 2.45) is 10.9 Å². The van der Waals surface area contributed by atoms with Gasteiger partial charge in [-0.25, -0.2) is 13.1 Å². The lowest BCUT2D eigenvalue weighted by atomic mass is 9.96. The van der Waals surface area contributed by atoms with Gasteiger partial charge in [0.15, 0.2) is 0 Å². The van der Waals surface area contributed by atoms with Crippen molar-refractivity contribution < 1.29 is 13.2 Å². The number of nitrogens with zero attached hydrogens (tertiary/aromatic N) is 2. The van der Waals surface area contributed by atoms with Crippen LogP contribution in [0.4, 0.5) is 0 Å². The fourth-order valence-electron chi connectivity index (χ4n) is 3.45. The fraction of sp³-hybridized carbons (Fsp3) is 0.625. The molecule has 3 aliphatic rings. The number of likely N-dealkylation sites (tertiary alicyclic amines) is 1. The summed E-state index contributed by atoms with van der Waals surface area (Å²) in [5, 5.41) is -0.160. The Morgan fingerprint density at radius 2 is 2.00 bits per heavy atom. The topological polar surface area (TPSA) is 94.6 Å². The second-order valence-electron chi connectivity index (χ2n) is 6.90. The van der Waals surface area contributed by atoms with Crippen molar-refractivity contribution in [1.82, 2.24) is 14.6 Å². The Morgan fingerprint density at radius 3 is 2.71 bits per heavy atom. The van der Waals surface area contributed by atoms with Gasteiger partial charge in [0.2, 0.25) is 10.0 Å². The van der Waals surface area contributed by atoms with Gasteiger partial charge < -0.3 is 9.88 Å². The van der Waals surface area contributed by atoms with E-state index in [0.29, 0.717) is 18.9 Å². The summed E-state index contributed by atoms with van der Waals surface area (Å²) in [6.07, 6.45) is 5.57. The largest absolute Gasteiger partial charge is 0.364 e. The van der Waals surface area contributed by atoms with Crippen molar-refractivity contribution in [3.05, 3.63) is 23.5 Å². The van der Waals surface area contributed by atoms with Crippen LogP contribution in [-0.2, 0) is 21.2 Å². The van der Waals surface area contributed by atoms with E-state index in [1.165, 1.54) is 0 Å². The molecule has 1 amide bonds. The summed E-state index contributed by atoms with van der Waals surface area (Å²) in [5.74, 6) is 0.999. The number of fused-ring (bicyclic) bond motifs is 1. The normalized spacial score (nSPS) is 22.4. The van der Waals surface area contributed by atoms with Gasteiger partial charge in [0.1, 0.15) is 5.84 Å². The zero-order valence-corrected chi connectivity index (χ0v) is 14.3. The summed E-state index contributed by atoms with van der Waals surface area (Å²) in [7, 11) is -3.10. The molecule has 0 unspecified atom stereocenters. The van der Waals surface area contributed by atoms with Crippen LogP contribution in [0.1, 0.15) is 36.9 Å². The van der Waals surface area contributed by atoms with Gasteiger partial charge >= 0.3 is 0 Å². The molecule has 24 heavy (non-hydrogen) atoms. The van der Waals surface area contributed by atoms with E-state index in [9.17, 15) is 13.2 Å². The van der Waals surface area contributed by atoms with Crippen LogP contribution in [0.5, 0.6) is 0 Å². The molecule has 1 aromatic rings. The summed E-state index contributed by atoms with van der Waals surface area (Å²) in [6.45, 7) is 2.12. The third-order valence-corrected chi connectivity index (χ3v) is 7.00. The van der Waals surface area contributed by atoms with Crippen molar-refractivity contribution >= 4 is 21.8 Å². The lowest BCUT2D eigenvalue weighted by Gasteiger charge is -2.35. The molecule has 0 bridgehead atoms. The second kappa shape index (κ2) is 6.00. The molecule has 1 aliphatic carbocycles. The molecule has 0 aromatic carbocycles. The van der Waals surface area contributed by atoms with Crippen LogP contribution in [0.15, 0.2) is 17.3 Å². The number of aliphatic imine (C=N–C) groups is 1. The molecule has 1 saturated carbocycles. The highest BCUT2D eigenvalue weighted by atomic mass is 32.2. The number of carbonyl (C=O) groups excluding carboxylic acids is 1. The minimum atomic E-state index is -3.10. The van der Waals surface area contributed by atoms with E-state index in [0.717, 1.165) is 55.9 Å². The predicted octanol–water partition coefficient (Wildman–Crippen LogP) is 0.638. The Bertz CT molecular complexity index is 771. The van der Waals surface area contributed by atoms with E-state index in [1.807, 2.05) is 12.3 Å². The first-order chi connectivity index (χ1) is 11.5. The van der Waals surface area contributed by atoms with Crippen LogP contribution >= 0.6 is 0 Å². The quantitative estimate of drug-likeness (QED) is 0.833. The maximum Gasteiger partial charge on any atom is 0.253 e.